The Balaban J connectivity index is 1.65. The smallest absolute Gasteiger partial charge is 0.416 e. The lowest BCUT2D eigenvalue weighted by atomic mass is 10.0. The summed E-state index contributed by atoms with van der Waals surface area (Å²) in [7, 11) is 0. The molecule has 2 aromatic carbocycles. The first-order chi connectivity index (χ1) is 15.9. The van der Waals surface area contributed by atoms with Crippen LogP contribution in [0.2, 0.25) is 0 Å². The van der Waals surface area contributed by atoms with Crippen molar-refractivity contribution in [3.63, 3.8) is 0 Å². The van der Waals surface area contributed by atoms with Crippen LogP contribution in [0.4, 0.5) is 23.8 Å². The van der Waals surface area contributed by atoms with Crippen LogP contribution in [0.5, 0.6) is 0 Å². The van der Waals surface area contributed by atoms with E-state index in [2.05, 4.69) is 15.3 Å². The Morgan fingerprint density at radius 3 is 2.56 bits per heavy atom. The first-order valence-electron chi connectivity index (χ1n) is 11.1. The molecule has 3 aromatic rings. The van der Waals surface area contributed by atoms with Gasteiger partial charge < -0.3 is 15.0 Å². The van der Waals surface area contributed by atoms with E-state index in [1.165, 1.54) is 6.07 Å². The summed E-state index contributed by atoms with van der Waals surface area (Å²) in [6, 6.07) is 10.8. The number of benzene rings is 2. The van der Waals surface area contributed by atoms with Crippen molar-refractivity contribution in [2.24, 2.45) is 0 Å². The van der Waals surface area contributed by atoms with Gasteiger partial charge in [0.2, 0.25) is 0 Å². The quantitative estimate of drug-likeness (QED) is 0.503. The van der Waals surface area contributed by atoms with Crippen molar-refractivity contribution in [3.05, 3.63) is 53.6 Å². The highest BCUT2D eigenvalue weighted by molar-refractivity contribution is 5.91. The maximum Gasteiger partial charge on any atom is 0.416 e. The number of carbonyl (C=O) groups excluding carboxylic acids is 1. The van der Waals surface area contributed by atoms with E-state index in [0.717, 1.165) is 17.5 Å². The van der Waals surface area contributed by atoms with E-state index in [1.807, 2.05) is 39.0 Å². The van der Waals surface area contributed by atoms with Crippen LogP contribution in [0.3, 0.4) is 0 Å². The van der Waals surface area contributed by atoms with Crippen molar-refractivity contribution in [2.45, 2.75) is 51.9 Å². The molecular formula is C25H27F3N4O2. The van der Waals surface area contributed by atoms with Gasteiger partial charge in [0.15, 0.2) is 5.82 Å². The second kappa shape index (κ2) is 8.77. The van der Waals surface area contributed by atoms with Gasteiger partial charge in [0.1, 0.15) is 11.4 Å². The Morgan fingerprint density at radius 1 is 1.12 bits per heavy atom. The average molecular weight is 473 g/mol. The van der Waals surface area contributed by atoms with Crippen LogP contribution in [-0.4, -0.2) is 45.7 Å². The van der Waals surface area contributed by atoms with E-state index < -0.39 is 17.3 Å². The Morgan fingerprint density at radius 2 is 1.85 bits per heavy atom. The minimum Gasteiger partial charge on any atom is -0.444 e. The van der Waals surface area contributed by atoms with Crippen molar-refractivity contribution >= 4 is 22.8 Å². The SMILES string of the molecule is Cc1ccc(C(F)(F)F)cc1-c1nc(N[C@H]2CCN(C(=O)OC(C)(C)C)C2)c2ccccc2n1. The predicted octanol–water partition coefficient (Wildman–Crippen LogP) is 6.05. The summed E-state index contributed by atoms with van der Waals surface area (Å²) in [5, 5.41) is 4.14. The molecule has 1 aliphatic heterocycles. The number of carbonyl (C=O) groups is 1. The fourth-order valence-corrected chi connectivity index (χ4v) is 3.91. The van der Waals surface area contributed by atoms with E-state index >= 15 is 0 Å². The standard InChI is InChI=1S/C25H27F3N4O2/c1-15-9-10-16(25(26,27)28)13-19(15)22-30-20-8-6-5-7-18(20)21(31-22)29-17-11-12-32(14-17)23(33)34-24(2,3)4/h5-10,13,17H,11-12,14H2,1-4H3,(H,29,30,31)/t17-/m0/s1. The van der Waals surface area contributed by atoms with E-state index in [1.54, 1.807) is 17.9 Å². The molecule has 1 amide bonds. The van der Waals surface area contributed by atoms with Gasteiger partial charge in [-0.25, -0.2) is 14.8 Å². The summed E-state index contributed by atoms with van der Waals surface area (Å²) in [6.45, 7) is 8.17. The highest BCUT2D eigenvalue weighted by Gasteiger charge is 2.32. The number of amides is 1. The third-order valence-electron chi connectivity index (χ3n) is 5.59. The predicted molar refractivity (Wildman–Crippen MR) is 125 cm³/mol. The Labute approximate surface area is 196 Å². The van der Waals surface area contributed by atoms with Crippen LogP contribution in [0.1, 0.15) is 38.3 Å². The lowest BCUT2D eigenvalue weighted by Crippen LogP contribution is -2.36. The fraction of sp³-hybridized carbons (Fsp3) is 0.400. The third kappa shape index (κ3) is 5.24. The van der Waals surface area contributed by atoms with Gasteiger partial charge in [0.05, 0.1) is 11.1 Å². The zero-order chi connectivity index (χ0) is 24.7. The molecule has 1 saturated heterocycles. The molecule has 0 saturated carbocycles. The van der Waals surface area contributed by atoms with Crippen LogP contribution in [-0.2, 0) is 10.9 Å². The largest absolute Gasteiger partial charge is 0.444 e. The third-order valence-corrected chi connectivity index (χ3v) is 5.59. The average Bonchev–Trinajstić information content (AvgIpc) is 3.21. The van der Waals surface area contributed by atoms with Crippen LogP contribution >= 0.6 is 0 Å². The number of para-hydroxylation sites is 1. The van der Waals surface area contributed by atoms with Gasteiger partial charge in [-0.05, 0) is 63.9 Å². The molecule has 9 heteroatoms. The summed E-state index contributed by atoms with van der Waals surface area (Å²) in [5.74, 6) is 0.736. The number of halogens is 3. The molecule has 0 aliphatic carbocycles. The first-order valence-corrected chi connectivity index (χ1v) is 11.1. The molecule has 1 aromatic heterocycles. The van der Waals surface area contributed by atoms with Gasteiger partial charge in [-0.1, -0.05) is 18.2 Å². The Kier molecular flexibility index (Phi) is 6.14. The lowest BCUT2D eigenvalue weighted by Gasteiger charge is -2.24. The Hall–Kier alpha value is -3.36. The number of hydrogen-bond donors (Lipinski definition) is 1. The first kappa shape index (κ1) is 23.8. The lowest BCUT2D eigenvalue weighted by molar-refractivity contribution is -0.137. The maximum atomic E-state index is 13.3. The van der Waals surface area contributed by atoms with Gasteiger partial charge in [-0.15, -0.1) is 0 Å². The van der Waals surface area contributed by atoms with Crippen molar-refractivity contribution in [3.8, 4) is 11.4 Å². The van der Waals surface area contributed by atoms with Crippen molar-refractivity contribution < 1.29 is 22.7 Å². The minimum absolute atomic E-state index is 0.0821. The van der Waals surface area contributed by atoms with E-state index in [9.17, 15) is 18.0 Å². The summed E-state index contributed by atoms with van der Waals surface area (Å²) in [5.41, 5.74) is 0.261. The highest BCUT2D eigenvalue weighted by Crippen LogP contribution is 2.34. The highest BCUT2D eigenvalue weighted by atomic mass is 19.4. The maximum absolute atomic E-state index is 13.3. The number of aryl methyl sites for hydroxylation is 1. The molecule has 1 N–H and O–H groups in total. The van der Waals surface area contributed by atoms with Crippen LogP contribution < -0.4 is 5.32 Å². The number of ether oxygens (including phenoxy) is 1. The summed E-state index contributed by atoms with van der Waals surface area (Å²) < 4.78 is 45.4. The Bertz CT molecular complexity index is 1220. The molecule has 1 atom stereocenters. The van der Waals surface area contributed by atoms with Gasteiger partial charge in [-0.2, -0.15) is 13.2 Å². The van der Waals surface area contributed by atoms with Gasteiger partial charge >= 0.3 is 12.3 Å². The van der Waals surface area contributed by atoms with E-state index in [-0.39, 0.29) is 18.0 Å². The molecule has 0 radical (unpaired) electrons. The number of anilines is 1. The van der Waals surface area contributed by atoms with Crippen molar-refractivity contribution in [1.29, 1.82) is 0 Å². The molecule has 6 nitrogen and oxygen atoms in total. The van der Waals surface area contributed by atoms with Crippen molar-refractivity contribution in [2.75, 3.05) is 18.4 Å². The fourth-order valence-electron chi connectivity index (χ4n) is 3.91. The molecule has 0 unspecified atom stereocenters. The summed E-state index contributed by atoms with van der Waals surface area (Å²) >= 11 is 0. The van der Waals surface area contributed by atoms with E-state index in [0.29, 0.717) is 42.0 Å². The molecular weight excluding hydrogens is 445 g/mol. The van der Waals surface area contributed by atoms with Crippen molar-refractivity contribution in [1.82, 2.24) is 14.9 Å². The number of nitrogens with one attached hydrogen (secondary N) is 1. The zero-order valence-corrected chi connectivity index (χ0v) is 19.5. The number of aromatic nitrogens is 2. The molecule has 1 aliphatic rings. The summed E-state index contributed by atoms with van der Waals surface area (Å²) in [6.07, 6.45) is -4.14. The molecule has 1 fully saturated rings. The number of likely N-dealkylation sites (tertiary alicyclic amines) is 1. The molecule has 0 spiro atoms. The van der Waals surface area contributed by atoms with Crippen LogP contribution in [0, 0.1) is 6.92 Å². The minimum atomic E-state index is -4.46. The molecule has 4 rings (SSSR count). The number of hydrogen-bond acceptors (Lipinski definition) is 5. The molecule has 180 valence electrons. The summed E-state index contributed by atoms with van der Waals surface area (Å²) in [4.78, 5) is 23.2. The number of fused-ring (bicyclic) bond motifs is 1. The zero-order valence-electron chi connectivity index (χ0n) is 19.5. The number of rotatable bonds is 3. The second-order valence-electron chi connectivity index (χ2n) is 9.50. The van der Waals surface area contributed by atoms with Crippen LogP contribution in [0.25, 0.3) is 22.3 Å². The van der Waals surface area contributed by atoms with Gasteiger partial charge in [-0.3, -0.25) is 0 Å². The van der Waals surface area contributed by atoms with Gasteiger partial charge in [0.25, 0.3) is 0 Å². The van der Waals surface area contributed by atoms with Gasteiger partial charge in [0, 0.05) is 30.1 Å². The molecule has 34 heavy (non-hydrogen) atoms. The molecule has 0 bridgehead atoms. The topological polar surface area (TPSA) is 67.4 Å². The monoisotopic (exact) mass is 472 g/mol. The van der Waals surface area contributed by atoms with Crippen LogP contribution in [0.15, 0.2) is 42.5 Å². The number of alkyl halides is 3. The normalized spacial score (nSPS) is 16.7. The van der Waals surface area contributed by atoms with E-state index in [4.69, 9.17) is 4.74 Å². The molecule has 2 heterocycles. The second-order valence-corrected chi connectivity index (χ2v) is 9.50. The number of nitrogens with zero attached hydrogens (tertiary/aromatic N) is 3.